The molecular weight excluding hydrogens is 297 g/mol. The molecule has 1 heterocycles. The topological polar surface area (TPSA) is 74.8 Å². The summed E-state index contributed by atoms with van der Waals surface area (Å²) < 4.78 is 26.5. The van der Waals surface area contributed by atoms with Crippen molar-refractivity contribution in [3.63, 3.8) is 0 Å². The lowest BCUT2D eigenvalue weighted by molar-refractivity contribution is 0.601. The highest BCUT2D eigenvalue weighted by molar-refractivity contribution is 7.93. The molecular formula is C10H9Cl2N3O2S. The summed E-state index contributed by atoms with van der Waals surface area (Å²) in [5.74, 6) is 0.184. The fraction of sp³-hybridized carbons (Fsp3) is 0.100. The minimum Gasteiger partial charge on any atom is -0.281 e. The van der Waals surface area contributed by atoms with Crippen LogP contribution in [0.3, 0.4) is 0 Å². The first-order valence-electron chi connectivity index (χ1n) is 4.89. The molecule has 0 saturated heterocycles. The van der Waals surface area contributed by atoms with E-state index in [1.807, 2.05) is 0 Å². The summed E-state index contributed by atoms with van der Waals surface area (Å²) in [4.78, 5) is -0.158. The van der Waals surface area contributed by atoms with Gasteiger partial charge in [-0.25, -0.2) is 8.42 Å². The Bertz CT molecular complexity index is 662. The molecule has 96 valence electrons. The minimum atomic E-state index is -3.86. The molecule has 2 aromatic rings. The molecule has 0 aliphatic carbocycles. The number of aromatic nitrogens is 2. The largest absolute Gasteiger partial charge is 0.281 e. The summed E-state index contributed by atoms with van der Waals surface area (Å²) in [7, 11) is -3.86. The zero-order valence-electron chi connectivity index (χ0n) is 9.24. The van der Waals surface area contributed by atoms with Gasteiger partial charge < -0.3 is 0 Å². The molecule has 0 aliphatic rings. The molecule has 8 heteroatoms. The van der Waals surface area contributed by atoms with Gasteiger partial charge in [-0.15, -0.1) is 0 Å². The van der Waals surface area contributed by atoms with E-state index in [0.29, 0.717) is 0 Å². The molecule has 1 aromatic carbocycles. The fourth-order valence-corrected chi connectivity index (χ4v) is 3.54. The highest BCUT2D eigenvalue weighted by atomic mass is 35.5. The van der Waals surface area contributed by atoms with E-state index in [9.17, 15) is 8.42 Å². The number of sulfonamides is 1. The van der Waals surface area contributed by atoms with Crippen molar-refractivity contribution in [3.8, 4) is 0 Å². The second-order valence-corrected chi connectivity index (χ2v) is 6.03. The average Bonchev–Trinajstić information content (AvgIpc) is 2.62. The third kappa shape index (κ3) is 2.60. The van der Waals surface area contributed by atoms with Gasteiger partial charge in [0.15, 0.2) is 5.82 Å². The van der Waals surface area contributed by atoms with Crippen molar-refractivity contribution in [2.45, 2.75) is 11.8 Å². The third-order valence-electron chi connectivity index (χ3n) is 2.13. The first kappa shape index (κ1) is 13.2. The molecule has 2 rings (SSSR count). The van der Waals surface area contributed by atoms with Crippen LogP contribution in [0.15, 0.2) is 29.2 Å². The Hall–Kier alpha value is -1.24. The van der Waals surface area contributed by atoms with Gasteiger partial charge in [-0.2, -0.15) is 5.10 Å². The molecule has 0 spiro atoms. The maximum Gasteiger partial charge on any atom is 0.266 e. The molecule has 0 bridgehead atoms. The Labute approximate surface area is 114 Å². The number of halogens is 2. The van der Waals surface area contributed by atoms with Gasteiger partial charge in [0.1, 0.15) is 4.90 Å². The van der Waals surface area contributed by atoms with Crippen LogP contribution in [-0.4, -0.2) is 18.6 Å². The van der Waals surface area contributed by atoms with E-state index in [1.54, 1.807) is 19.1 Å². The van der Waals surface area contributed by atoms with E-state index < -0.39 is 10.0 Å². The zero-order valence-corrected chi connectivity index (χ0v) is 11.6. The summed E-state index contributed by atoms with van der Waals surface area (Å²) in [6.45, 7) is 1.76. The lowest BCUT2D eigenvalue weighted by Crippen LogP contribution is -2.14. The van der Waals surface area contributed by atoms with Crippen LogP contribution < -0.4 is 4.72 Å². The van der Waals surface area contributed by atoms with E-state index in [-0.39, 0.29) is 20.8 Å². The summed E-state index contributed by atoms with van der Waals surface area (Å²) in [5.41, 5.74) is 0.734. The number of hydrogen-bond acceptors (Lipinski definition) is 3. The number of rotatable bonds is 3. The highest BCUT2D eigenvalue weighted by Crippen LogP contribution is 2.30. The number of hydrogen-bond donors (Lipinski definition) is 2. The number of nitrogens with one attached hydrogen (secondary N) is 2. The SMILES string of the molecule is Cc1cc(NS(=O)(=O)c2c(Cl)cccc2Cl)n[nH]1. The summed E-state index contributed by atoms with van der Waals surface area (Å²) in [5, 5.41) is 6.53. The Morgan fingerprint density at radius 1 is 1.28 bits per heavy atom. The van der Waals surface area contributed by atoms with Crippen molar-refractivity contribution in [1.29, 1.82) is 0 Å². The van der Waals surface area contributed by atoms with E-state index >= 15 is 0 Å². The van der Waals surface area contributed by atoms with E-state index in [0.717, 1.165) is 5.69 Å². The highest BCUT2D eigenvalue weighted by Gasteiger charge is 2.22. The lowest BCUT2D eigenvalue weighted by Gasteiger charge is -2.08. The summed E-state index contributed by atoms with van der Waals surface area (Å²) in [6.07, 6.45) is 0. The predicted octanol–water partition coefficient (Wildman–Crippen LogP) is 2.83. The van der Waals surface area contributed by atoms with Gasteiger partial charge in [-0.05, 0) is 19.1 Å². The van der Waals surface area contributed by atoms with Crippen LogP contribution in [0.4, 0.5) is 5.82 Å². The van der Waals surface area contributed by atoms with Crippen LogP contribution in [0.1, 0.15) is 5.69 Å². The van der Waals surface area contributed by atoms with Crippen molar-refractivity contribution in [1.82, 2.24) is 10.2 Å². The molecule has 0 radical (unpaired) electrons. The molecule has 0 amide bonds. The number of aromatic amines is 1. The third-order valence-corrected chi connectivity index (χ3v) is 4.44. The molecule has 0 fully saturated rings. The molecule has 5 nitrogen and oxygen atoms in total. The molecule has 0 atom stereocenters. The second kappa shape index (κ2) is 4.79. The van der Waals surface area contributed by atoms with Gasteiger partial charge in [0, 0.05) is 11.8 Å². The van der Waals surface area contributed by atoms with Crippen LogP contribution in [0.2, 0.25) is 10.0 Å². The Balaban J connectivity index is 2.43. The van der Waals surface area contributed by atoms with Crippen molar-refractivity contribution >= 4 is 39.0 Å². The summed E-state index contributed by atoms with van der Waals surface area (Å²) in [6, 6.07) is 6.04. The van der Waals surface area contributed by atoms with Gasteiger partial charge in [-0.1, -0.05) is 29.3 Å². The van der Waals surface area contributed by atoms with E-state index in [4.69, 9.17) is 23.2 Å². The number of aryl methyl sites for hydroxylation is 1. The van der Waals surface area contributed by atoms with Gasteiger partial charge in [0.25, 0.3) is 10.0 Å². The van der Waals surface area contributed by atoms with Crippen LogP contribution >= 0.6 is 23.2 Å². The number of H-pyrrole nitrogens is 1. The Morgan fingerprint density at radius 2 is 1.89 bits per heavy atom. The maximum atomic E-state index is 12.1. The van der Waals surface area contributed by atoms with Gasteiger partial charge in [-0.3, -0.25) is 9.82 Å². The van der Waals surface area contributed by atoms with Gasteiger partial charge in [0.2, 0.25) is 0 Å². The summed E-state index contributed by atoms with van der Waals surface area (Å²) >= 11 is 11.7. The lowest BCUT2D eigenvalue weighted by atomic mass is 10.4. The smallest absolute Gasteiger partial charge is 0.266 e. The van der Waals surface area contributed by atoms with Crippen LogP contribution in [0, 0.1) is 6.92 Å². The van der Waals surface area contributed by atoms with Crippen LogP contribution in [0.5, 0.6) is 0 Å². The van der Waals surface area contributed by atoms with Crippen molar-refractivity contribution < 1.29 is 8.42 Å². The first-order valence-corrected chi connectivity index (χ1v) is 7.13. The van der Waals surface area contributed by atoms with Crippen molar-refractivity contribution in [2.24, 2.45) is 0 Å². The number of anilines is 1. The first-order chi connectivity index (χ1) is 8.40. The van der Waals surface area contributed by atoms with Crippen molar-refractivity contribution in [2.75, 3.05) is 4.72 Å². The average molecular weight is 306 g/mol. The molecule has 0 saturated carbocycles. The Kier molecular flexibility index (Phi) is 3.52. The number of nitrogens with zero attached hydrogens (tertiary/aromatic N) is 1. The van der Waals surface area contributed by atoms with Gasteiger partial charge in [0.05, 0.1) is 10.0 Å². The van der Waals surface area contributed by atoms with Crippen LogP contribution in [-0.2, 0) is 10.0 Å². The van der Waals surface area contributed by atoms with Gasteiger partial charge >= 0.3 is 0 Å². The fourth-order valence-electron chi connectivity index (χ4n) is 1.40. The second-order valence-electron chi connectivity index (χ2n) is 3.59. The zero-order chi connectivity index (χ0) is 13.3. The van der Waals surface area contributed by atoms with Crippen molar-refractivity contribution in [3.05, 3.63) is 40.0 Å². The predicted molar refractivity (Wildman–Crippen MR) is 70.6 cm³/mol. The standard InChI is InChI=1S/C10H9Cl2N3O2S/c1-6-5-9(14-13-6)15-18(16,17)10-7(11)3-2-4-8(10)12/h2-5H,1H3,(H2,13,14,15). The normalized spacial score (nSPS) is 11.5. The quantitative estimate of drug-likeness (QED) is 0.915. The molecule has 18 heavy (non-hydrogen) atoms. The number of benzene rings is 1. The molecule has 0 aliphatic heterocycles. The van der Waals surface area contributed by atoms with E-state index in [1.165, 1.54) is 12.1 Å². The molecule has 0 unspecified atom stereocenters. The molecule has 1 aromatic heterocycles. The maximum absolute atomic E-state index is 12.1. The van der Waals surface area contributed by atoms with Crippen LogP contribution in [0.25, 0.3) is 0 Å². The minimum absolute atomic E-state index is 0.0576. The Morgan fingerprint density at radius 3 is 2.39 bits per heavy atom. The van der Waals surface area contributed by atoms with E-state index in [2.05, 4.69) is 14.9 Å². The monoisotopic (exact) mass is 305 g/mol. The molecule has 2 N–H and O–H groups in total.